The minimum atomic E-state index is 0.471. The number of hydrogen-bond acceptors (Lipinski definition) is 3. The lowest BCUT2D eigenvalue weighted by Crippen LogP contribution is -2.40. The Kier molecular flexibility index (Phi) is 4.62. The van der Waals surface area contributed by atoms with E-state index in [0.29, 0.717) is 6.04 Å². The van der Waals surface area contributed by atoms with Gasteiger partial charge in [-0.05, 0) is 64.3 Å². The number of nitrogens with two attached hydrogens (primary N) is 1. The fourth-order valence-electron chi connectivity index (χ4n) is 2.98. The SMILES string of the molecule is CCN1CCC(CCN2CCC(N)CC2)C1. The molecule has 0 aromatic carbocycles. The number of piperidine rings is 1. The lowest BCUT2D eigenvalue weighted by Gasteiger charge is -2.30. The van der Waals surface area contributed by atoms with Crippen LogP contribution in [0.5, 0.6) is 0 Å². The van der Waals surface area contributed by atoms with Crippen LogP contribution in [0, 0.1) is 5.92 Å². The Bertz CT molecular complexity index is 197. The zero-order valence-corrected chi connectivity index (χ0v) is 10.7. The molecule has 2 heterocycles. The number of nitrogens with zero attached hydrogens (tertiary/aromatic N) is 2. The highest BCUT2D eigenvalue weighted by Crippen LogP contribution is 2.20. The third-order valence-corrected chi connectivity index (χ3v) is 4.30. The molecule has 2 aliphatic heterocycles. The first-order valence-corrected chi connectivity index (χ1v) is 6.98. The normalized spacial score (nSPS) is 30.0. The molecular weight excluding hydrogens is 198 g/mol. The second-order valence-electron chi connectivity index (χ2n) is 5.52. The Labute approximate surface area is 100.0 Å². The predicted molar refractivity (Wildman–Crippen MR) is 68.5 cm³/mol. The molecule has 0 spiro atoms. The van der Waals surface area contributed by atoms with E-state index in [9.17, 15) is 0 Å². The summed E-state index contributed by atoms with van der Waals surface area (Å²) in [5, 5.41) is 0. The second-order valence-corrected chi connectivity index (χ2v) is 5.52. The van der Waals surface area contributed by atoms with Crippen LogP contribution in [0.3, 0.4) is 0 Å². The lowest BCUT2D eigenvalue weighted by atomic mass is 10.0. The van der Waals surface area contributed by atoms with Crippen LogP contribution >= 0.6 is 0 Å². The van der Waals surface area contributed by atoms with Gasteiger partial charge in [0.1, 0.15) is 0 Å². The first-order chi connectivity index (χ1) is 7.78. The van der Waals surface area contributed by atoms with E-state index >= 15 is 0 Å². The molecule has 94 valence electrons. The van der Waals surface area contributed by atoms with E-state index in [4.69, 9.17) is 5.73 Å². The average molecular weight is 225 g/mol. The molecule has 2 saturated heterocycles. The van der Waals surface area contributed by atoms with E-state index < -0.39 is 0 Å². The summed E-state index contributed by atoms with van der Waals surface area (Å²) in [7, 11) is 0. The number of hydrogen-bond donors (Lipinski definition) is 1. The molecule has 2 N–H and O–H groups in total. The lowest BCUT2D eigenvalue weighted by molar-refractivity contribution is 0.199. The molecule has 0 bridgehead atoms. The van der Waals surface area contributed by atoms with Gasteiger partial charge in [-0.15, -0.1) is 0 Å². The van der Waals surface area contributed by atoms with Crippen molar-refractivity contribution in [3.05, 3.63) is 0 Å². The largest absolute Gasteiger partial charge is 0.328 e. The van der Waals surface area contributed by atoms with Crippen molar-refractivity contribution < 1.29 is 0 Å². The zero-order valence-electron chi connectivity index (χ0n) is 10.7. The summed E-state index contributed by atoms with van der Waals surface area (Å²) in [5.41, 5.74) is 5.92. The van der Waals surface area contributed by atoms with Gasteiger partial charge in [-0.25, -0.2) is 0 Å². The number of rotatable bonds is 4. The molecule has 0 radical (unpaired) electrons. The van der Waals surface area contributed by atoms with Gasteiger partial charge in [0.25, 0.3) is 0 Å². The standard InChI is InChI=1S/C13H27N3/c1-2-15-7-3-12(11-15)4-8-16-9-5-13(14)6-10-16/h12-13H,2-11,14H2,1H3. The molecule has 0 amide bonds. The molecule has 1 atom stereocenters. The van der Waals surface area contributed by atoms with Crippen LogP contribution in [0.15, 0.2) is 0 Å². The Morgan fingerprint density at radius 3 is 2.38 bits per heavy atom. The van der Waals surface area contributed by atoms with Crippen LogP contribution in [0.1, 0.15) is 32.6 Å². The van der Waals surface area contributed by atoms with Crippen molar-refractivity contribution in [3.63, 3.8) is 0 Å². The van der Waals surface area contributed by atoms with Crippen LogP contribution in [0.2, 0.25) is 0 Å². The third-order valence-electron chi connectivity index (χ3n) is 4.30. The number of likely N-dealkylation sites (tertiary alicyclic amines) is 2. The van der Waals surface area contributed by atoms with Gasteiger partial charge in [0.05, 0.1) is 0 Å². The predicted octanol–water partition coefficient (Wildman–Crippen LogP) is 1.14. The van der Waals surface area contributed by atoms with Crippen LogP contribution in [0.4, 0.5) is 0 Å². The van der Waals surface area contributed by atoms with Crippen molar-refractivity contribution in [3.8, 4) is 0 Å². The highest BCUT2D eigenvalue weighted by molar-refractivity contribution is 4.78. The molecule has 0 aromatic rings. The maximum atomic E-state index is 5.92. The van der Waals surface area contributed by atoms with Crippen molar-refractivity contribution in [2.45, 2.75) is 38.6 Å². The Morgan fingerprint density at radius 1 is 1.06 bits per heavy atom. The summed E-state index contributed by atoms with van der Waals surface area (Å²) in [6, 6.07) is 0.471. The molecular formula is C13H27N3. The van der Waals surface area contributed by atoms with E-state index in [0.717, 1.165) is 5.92 Å². The monoisotopic (exact) mass is 225 g/mol. The fraction of sp³-hybridized carbons (Fsp3) is 1.00. The molecule has 2 rings (SSSR count). The summed E-state index contributed by atoms with van der Waals surface area (Å²) in [5.74, 6) is 0.954. The van der Waals surface area contributed by atoms with Crippen LogP contribution in [-0.2, 0) is 0 Å². The average Bonchev–Trinajstić information content (AvgIpc) is 2.76. The summed E-state index contributed by atoms with van der Waals surface area (Å²) in [6.45, 7) is 9.92. The second kappa shape index (κ2) is 5.99. The molecule has 16 heavy (non-hydrogen) atoms. The topological polar surface area (TPSA) is 32.5 Å². The van der Waals surface area contributed by atoms with Gasteiger partial charge >= 0.3 is 0 Å². The summed E-state index contributed by atoms with van der Waals surface area (Å²) in [6.07, 6.45) is 5.21. The van der Waals surface area contributed by atoms with Crippen LogP contribution in [-0.4, -0.2) is 55.1 Å². The van der Waals surface area contributed by atoms with Crippen molar-refractivity contribution >= 4 is 0 Å². The highest BCUT2D eigenvalue weighted by Gasteiger charge is 2.22. The van der Waals surface area contributed by atoms with Gasteiger partial charge in [0, 0.05) is 12.6 Å². The van der Waals surface area contributed by atoms with E-state index in [1.807, 2.05) is 0 Å². The zero-order chi connectivity index (χ0) is 11.4. The van der Waals surface area contributed by atoms with Gasteiger partial charge in [-0.1, -0.05) is 6.92 Å². The Balaban J connectivity index is 1.61. The van der Waals surface area contributed by atoms with Crippen molar-refractivity contribution in [2.75, 3.05) is 39.3 Å². The molecule has 0 aromatic heterocycles. The van der Waals surface area contributed by atoms with Crippen LogP contribution < -0.4 is 5.73 Å². The van der Waals surface area contributed by atoms with Crippen molar-refractivity contribution in [1.82, 2.24) is 9.80 Å². The highest BCUT2D eigenvalue weighted by atomic mass is 15.2. The quantitative estimate of drug-likeness (QED) is 0.779. The molecule has 2 aliphatic rings. The smallest absolute Gasteiger partial charge is 0.00631 e. The van der Waals surface area contributed by atoms with Gasteiger partial charge in [0.2, 0.25) is 0 Å². The molecule has 1 unspecified atom stereocenters. The Hall–Kier alpha value is -0.120. The van der Waals surface area contributed by atoms with Crippen molar-refractivity contribution in [2.24, 2.45) is 11.7 Å². The third kappa shape index (κ3) is 3.44. The maximum Gasteiger partial charge on any atom is 0.00631 e. The van der Waals surface area contributed by atoms with Gasteiger partial charge in [0.15, 0.2) is 0 Å². The van der Waals surface area contributed by atoms with Crippen LogP contribution in [0.25, 0.3) is 0 Å². The molecule has 2 fully saturated rings. The van der Waals surface area contributed by atoms with E-state index in [-0.39, 0.29) is 0 Å². The molecule has 0 saturated carbocycles. The van der Waals surface area contributed by atoms with Gasteiger partial charge < -0.3 is 15.5 Å². The summed E-state index contributed by atoms with van der Waals surface area (Å²) in [4.78, 5) is 5.19. The first-order valence-electron chi connectivity index (χ1n) is 6.98. The minimum absolute atomic E-state index is 0.471. The molecule has 0 aliphatic carbocycles. The maximum absolute atomic E-state index is 5.92. The van der Waals surface area contributed by atoms with Crippen molar-refractivity contribution in [1.29, 1.82) is 0 Å². The summed E-state index contributed by atoms with van der Waals surface area (Å²) < 4.78 is 0. The molecule has 3 heteroatoms. The van der Waals surface area contributed by atoms with E-state index in [1.165, 1.54) is 65.0 Å². The first kappa shape index (κ1) is 12.3. The minimum Gasteiger partial charge on any atom is -0.328 e. The molecule has 3 nitrogen and oxygen atoms in total. The van der Waals surface area contributed by atoms with E-state index in [1.54, 1.807) is 0 Å². The summed E-state index contributed by atoms with van der Waals surface area (Å²) >= 11 is 0. The fourth-order valence-corrected chi connectivity index (χ4v) is 2.98. The van der Waals surface area contributed by atoms with Gasteiger partial charge in [-0.2, -0.15) is 0 Å². The van der Waals surface area contributed by atoms with E-state index in [2.05, 4.69) is 16.7 Å². The van der Waals surface area contributed by atoms with Gasteiger partial charge in [-0.3, -0.25) is 0 Å². The Morgan fingerprint density at radius 2 is 1.75 bits per heavy atom.